The second-order valence-electron chi connectivity index (χ2n) is 23.2. The van der Waals surface area contributed by atoms with Crippen LogP contribution < -0.4 is 0 Å². The molecule has 0 radical (unpaired) electrons. The molecular formula is C60H4. The van der Waals surface area contributed by atoms with Crippen LogP contribution in [0.1, 0.15) is 68.2 Å². The highest BCUT2D eigenvalue weighted by atomic mass is 14.6. The molecule has 0 N–H and O–H groups in total. The van der Waals surface area contributed by atoms with Crippen LogP contribution in [0.3, 0.4) is 0 Å². The molecule has 0 aromatic heterocycles. The molecule has 4 atom stereocenters. The maximum atomic E-state index is 1.80. The molecule has 0 aliphatic heterocycles. The molecule has 24 aromatic carbocycles. The van der Waals surface area contributed by atoms with Crippen LogP contribution in [-0.2, 0) is 0 Å². The van der Waals surface area contributed by atoms with Crippen molar-refractivity contribution in [3.05, 3.63) is 44.5 Å². The Balaban J connectivity index is 1.31. The van der Waals surface area contributed by atoms with Gasteiger partial charge >= 0.3 is 0 Å². The highest BCUT2D eigenvalue weighted by Gasteiger charge is 2.60. The van der Waals surface area contributed by atoms with Crippen LogP contribution in [0.15, 0.2) is 0 Å². The van der Waals surface area contributed by atoms with Crippen molar-refractivity contribution >= 4 is 259 Å². The second kappa shape index (κ2) is 4.46. The van der Waals surface area contributed by atoms with Crippen LogP contribution in [-0.4, -0.2) is 0 Å². The Hall–Kier alpha value is -7.28. The molecule has 0 saturated heterocycles. The maximum Gasteiger partial charge on any atom is 0.0225 e. The molecule has 0 heterocycles. The van der Waals surface area contributed by atoms with Gasteiger partial charge in [-0.2, -0.15) is 0 Å². The minimum atomic E-state index is 0.436. The van der Waals surface area contributed by atoms with Crippen molar-refractivity contribution in [3.63, 3.8) is 0 Å². The maximum absolute atomic E-state index is 1.80. The lowest BCUT2D eigenvalue weighted by Gasteiger charge is -2.34. The summed E-state index contributed by atoms with van der Waals surface area (Å²) >= 11 is 0. The Morgan fingerprint density at radius 2 is 0.150 bits per heavy atom. The van der Waals surface area contributed by atoms with Crippen LogP contribution >= 0.6 is 0 Å². The highest BCUT2D eigenvalue weighted by Crippen LogP contribution is 2.84. The molecular weight excluding hydrogens is 721 g/mol. The van der Waals surface area contributed by atoms with Gasteiger partial charge in [0, 0.05) is 23.7 Å². The lowest BCUT2D eigenvalue weighted by atomic mass is 9.67. The molecule has 60 heavy (non-hydrogen) atoms. The molecule has 32 rings (SSSR count). The van der Waals surface area contributed by atoms with E-state index in [-0.39, 0.29) is 0 Å². The third-order valence-corrected chi connectivity index (χ3v) is 23.5. The van der Waals surface area contributed by atoms with Gasteiger partial charge in [0.25, 0.3) is 0 Å². The van der Waals surface area contributed by atoms with Crippen molar-refractivity contribution in [1.29, 1.82) is 0 Å². The van der Waals surface area contributed by atoms with Crippen LogP contribution in [0.25, 0.3) is 259 Å². The Morgan fingerprint density at radius 1 is 0.0833 bits per heavy atom. The summed E-state index contributed by atoms with van der Waals surface area (Å²) in [5, 5.41) is 82.5. The van der Waals surface area contributed by atoms with Gasteiger partial charge in [-0.1, -0.05) is 0 Å². The molecule has 0 amide bonds. The molecule has 244 valence electrons. The van der Waals surface area contributed by atoms with Crippen molar-refractivity contribution in [1.82, 2.24) is 0 Å². The fourth-order valence-corrected chi connectivity index (χ4v) is 23.7. The molecule has 0 saturated carbocycles. The molecule has 4 unspecified atom stereocenters. The van der Waals surface area contributed by atoms with E-state index in [2.05, 4.69) is 0 Å². The lowest BCUT2D eigenvalue weighted by molar-refractivity contribution is 0.735. The molecule has 0 bridgehead atoms. The van der Waals surface area contributed by atoms with Crippen LogP contribution in [0.4, 0.5) is 0 Å². The summed E-state index contributed by atoms with van der Waals surface area (Å²) in [4.78, 5) is 0. The normalized spacial score (nSPS) is 24.0. The van der Waals surface area contributed by atoms with Crippen LogP contribution in [0.5, 0.6) is 0 Å². The third-order valence-electron chi connectivity index (χ3n) is 23.5. The number of hydrogen-bond donors (Lipinski definition) is 0. The van der Waals surface area contributed by atoms with E-state index in [0.29, 0.717) is 23.7 Å². The Kier molecular flexibility index (Phi) is 1.53. The molecule has 0 heteroatoms. The lowest BCUT2D eigenvalue weighted by Crippen LogP contribution is -2.17. The van der Waals surface area contributed by atoms with Gasteiger partial charge in [0.2, 0.25) is 0 Å². The van der Waals surface area contributed by atoms with Crippen LogP contribution in [0, 0.1) is 0 Å². The van der Waals surface area contributed by atoms with Gasteiger partial charge in [-0.3, -0.25) is 0 Å². The Labute approximate surface area is 325 Å². The fourth-order valence-electron chi connectivity index (χ4n) is 23.7. The van der Waals surface area contributed by atoms with Crippen molar-refractivity contribution in [3.8, 4) is 0 Å². The van der Waals surface area contributed by atoms with Crippen LogP contribution in [0.2, 0.25) is 0 Å². The Morgan fingerprint density at radius 3 is 0.233 bits per heavy atom. The first kappa shape index (κ1) is 20.6. The van der Waals surface area contributed by atoms with Gasteiger partial charge in [-0.15, -0.1) is 0 Å². The minimum absolute atomic E-state index is 0.436. The minimum Gasteiger partial charge on any atom is -0.0224 e. The van der Waals surface area contributed by atoms with Crippen molar-refractivity contribution in [2.24, 2.45) is 0 Å². The quantitative estimate of drug-likeness (QED) is 0.137. The standard InChI is InChI=1S/C60H4/c1-2-5-6-3(1)8-12-10-4(1)9-11-7(2)17-21-13(5)23-24-14(6)22-18(8)28-20(12)30-26-16(10)15(9)25-29-19(11)27(17)37-41-31(21)33(23)43-44-34(24)32(22)42-38(28)48-40(30)46-36(26)35(25)45-39(29)47(37)55-49(41)51(43)57-52(44)50(42)56(48)59-54(46)53(45)58(55)60(57)59/h1,4,49,51H. The molecule has 8 aliphatic rings. The van der Waals surface area contributed by atoms with E-state index in [1.54, 1.807) is 303 Å². The largest absolute Gasteiger partial charge is 0.0225 e. The first-order chi connectivity index (χ1) is 30.0. The first-order valence-electron chi connectivity index (χ1n) is 23.0. The van der Waals surface area contributed by atoms with Gasteiger partial charge in [0.05, 0.1) is 0 Å². The zero-order valence-electron chi connectivity index (χ0n) is 30.3. The number of hydrogen-bond acceptors (Lipinski definition) is 0. The van der Waals surface area contributed by atoms with E-state index < -0.39 is 0 Å². The van der Waals surface area contributed by atoms with E-state index in [1.807, 2.05) is 0 Å². The third kappa shape index (κ3) is 1.01. The smallest absolute Gasteiger partial charge is 0.0224 e. The molecule has 24 aromatic rings. The molecule has 0 fully saturated rings. The number of rotatable bonds is 0. The van der Waals surface area contributed by atoms with Crippen molar-refractivity contribution in [2.45, 2.75) is 23.7 Å². The molecule has 0 spiro atoms. The highest BCUT2D eigenvalue weighted by molar-refractivity contribution is 6.77. The number of benzene rings is 16. The zero-order valence-corrected chi connectivity index (χ0v) is 30.3. The zero-order chi connectivity index (χ0) is 34.6. The van der Waals surface area contributed by atoms with Crippen molar-refractivity contribution in [2.75, 3.05) is 0 Å². The van der Waals surface area contributed by atoms with Gasteiger partial charge in [-0.05, 0) is 303 Å². The van der Waals surface area contributed by atoms with E-state index in [9.17, 15) is 0 Å². The van der Waals surface area contributed by atoms with Gasteiger partial charge in [-0.25, -0.2) is 0 Å². The van der Waals surface area contributed by atoms with E-state index in [4.69, 9.17) is 0 Å². The fraction of sp³-hybridized carbons (Fsp3) is 0.0667. The Bertz CT molecular complexity index is 6300. The van der Waals surface area contributed by atoms with Gasteiger partial charge < -0.3 is 0 Å². The van der Waals surface area contributed by atoms with Gasteiger partial charge in [0.15, 0.2) is 0 Å². The van der Waals surface area contributed by atoms with E-state index >= 15 is 0 Å². The summed E-state index contributed by atoms with van der Waals surface area (Å²) in [6.07, 6.45) is 0. The second-order valence-corrected chi connectivity index (χ2v) is 23.2. The summed E-state index contributed by atoms with van der Waals surface area (Å²) in [5.41, 5.74) is 14.4. The average Bonchev–Trinajstić information content (AvgIpc) is 4.09. The predicted octanol–water partition coefficient (Wildman–Crippen LogP) is 16.2. The predicted molar refractivity (Wildman–Crippen MR) is 251 cm³/mol. The van der Waals surface area contributed by atoms with E-state index in [0.717, 1.165) is 0 Å². The SMILES string of the molecule is c12c3c4c5c6c7c8c9c%10c(c%11c1c1c%12c%13c%14c%15c%16c%17c%18c%19c%20c%21c%22c(c%13c1c1c%11c%11c%10c%10c9c9c7c7c%13c6c(c4c%15c3%12)c%16c%13c%18c3c%19c4c%21c(c%11c%221)c%10c4c9c37)C%20C%14%17)C2C58. The van der Waals surface area contributed by atoms with E-state index in [1.165, 1.54) is 0 Å². The summed E-state index contributed by atoms with van der Waals surface area (Å²) < 4.78 is 0. The topological polar surface area (TPSA) is 0 Å². The monoisotopic (exact) mass is 724 g/mol. The molecule has 0 nitrogen and oxygen atoms in total. The summed E-state index contributed by atoms with van der Waals surface area (Å²) in [6.45, 7) is 0. The summed E-state index contributed by atoms with van der Waals surface area (Å²) in [7, 11) is 0. The summed E-state index contributed by atoms with van der Waals surface area (Å²) in [5.74, 6) is 1.75. The molecule has 8 aliphatic carbocycles. The first-order valence-corrected chi connectivity index (χ1v) is 23.0. The summed E-state index contributed by atoms with van der Waals surface area (Å²) in [6, 6.07) is 0. The van der Waals surface area contributed by atoms with Gasteiger partial charge in [0.1, 0.15) is 0 Å². The van der Waals surface area contributed by atoms with Crippen molar-refractivity contribution < 1.29 is 0 Å². The average molecular weight is 725 g/mol.